The van der Waals surface area contributed by atoms with Gasteiger partial charge in [0.2, 0.25) is 10.0 Å². The van der Waals surface area contributed by atoms with E-state index in [0.717, 1.165) is 22.0 Å². The van der Waals surface area contributed by atoms with E-state index in [1.165, 1.54) is 12.1 Å². The molecule has 1 aliphatic heterocycles. The van der Waals surface area contributed by atoms with Crippen LogP contribution in [0.25, 0.3) is 0 Å². The van der Waals surface area contributed by atoms with E-state index in [1.807, 2.05) is 12.2 Å². The number of ether oxygens (including phenoxy) is 1. The fraction of sp³-hybridized carbons (Fsp3) is 0.318. The van der Waals surface area contributed by atoms with Crippen LogP contribution in [-0.2, 0) is 37.3 Å². The van der Waals surface area contributed by atoms with Gasteiger partial charge in [0.05, 0.1) is 0 Å². The number of benzene rings is 2. The van der Waals surface area contributed by atoms with E-state index in [2.05, 4.69) is 5.32 Å². The summed E-state index contributed by atoms with van der Waals surface area (Å²) in [5, 5.41) is 4.46. The van der Waals surface area contributed by atoms with Crippen molar-refractivity contribution in [3.05, 3.63) is 65.5 Å². The lowest BCUT2D eigenvalue weighted by atomic mass is 9.96. The third kappa shape index (κ3) is 5.74. The summed E-state index contributed by atoms with van der Waals surface area (Å²) < 4.78 is 46.7. The molecule has 9 nitrogen and oxygen atoms in total. The van der Waals surface area contributed by atoms with E-state index in [1.54, 1.807) is 24.3 Å². The number of nitrogens with zero attached hydrogens (tertiary/aromatic N) is 1. The van der Waals surface area contributed by atoms with Crippen LogP contribution in [0.5, 0.6) is 0 Å². The molecule has 1 aliphatic rings. The van der Waals surface area contributed by atoms with Crippen LogP contribution in [-0.4, -0.2) is 49.8 Å². The third-order valence-corrected chi connectivity index (χ3v) is 6.92. The Morgan fingerprint density at radius 2 is 1.76 bits per heavy atom. The van der Waals surface area contributed by atoms with E-state index >= 15 is 0 Å². The highest BCUT2D eigenvalue weighted by Gasteiger charge is 2.41. The highest BCUT2D eigenvalue weighted by molar-refractivity contribution is 7.89. The quantitative estimate of drug-likeness (QED) is 0.586. The van der Waals surface area contributed by atoms with E-state index in [0.29, 0.717) is 18.5 Å². The summed E-state index contributed by atoms with van der Waals surface area (Å²) in [5.74, 6) is -2.79. The van der Waals surface area contributed by atoms with Gasteiger partial charge in [-0.15, -0.1) is 0 Å². The Labute approximate surface area is 191 Å². The first kappa shape index (κ1) is 24.3. The van der Waals surface area contributed by atoms with Crippen molar-refractivity contribution >= 4 is 27.9 Å². The minimum Gasteiger partial charge on any atom is -0.454 e. The lowest BCUT2D eigenvalue weighted by Gasteiger charge is -2.34. The molecule has 0 saturated carbocycles. The van der Waals surface area contributed by atoms with Crippen LogP contribution in [0.1, 0.15) is 24.5 Å². The van der Waals surface area contributed by atoms with Crippen LogP contribution in [0.15, 0.2) is 53.4 Å². The van der Waals surface area contributed by atoms with Gasteiger partial charge in [0, 0.05) is 19.5 Å². The summed E-state index contributed by atoms with van der Waals surface area (Å²) in [6, 6.07) is 9.82. The summed E-state index contributed by atoms with van der Waals surface area (Å²) in [5.41, 5.74) is 1.41. The molecule has 0 bridgehead atoms. The van der Waals surface area contributed by atoms with Crippen molar-refractivity contribution in [3.8, 4) is 0 Å². The third-order valence-electron chi connectivity index (χ3n) is 5.03. The Bertz CT molecular complexity index is 1150. The normalized spacial score (nSPS) is 15.9. The van der Waals surface area contributed by atoms with Gasteiger partial charge in [0.25, 0.3) is 5.91 Å². The van der Waals surface area contributed by atoms with E-state index in [9.17, 15) is 27.2 Å². The number of hydrogen-bond donors (Lipinski definition) is 2. The number of hydrogen-bond acceptors (Lipinski definition) is 6. The number of carbonyl (C=O) groups is 3. The van der Waals surface area contributed by atoms with Crippen molar-refractivity contribution in [1.29, 1.82) is 0 Å². The zero-order valence-electron chi connectivity index (χ0n) is 17.9. The van der Waals surface area contributed by atoms with E-state index in [-0.39, 0.29) is 13.0 Å². The molecule has 3 amide bonds. The summed E-state index contributed by atoms with van der Waals surface area (Å²) in [4.78, 5) is 35.8. The van der Waals surface area contributed by atoms with Crippen LogP contribution < -0.4 is 10.6 Å². The van der Waals surface area contributed by atoms with E-state index < -0.39 is 51.3 Å². The molecule has 0 radical (unpaired) electrons. The molecule has 3 rings (SSSR count). The Kier molecular flexibility index (Phi) is 7.77. The number of urea groups is 1. The number of amides is 3. The number of halogens is 1. The molecule has 0 fully saturated rings. The second-order valence-corrected chi connectivity index (χ2v) is 9.24. The average molecular weight is 478 g/mol. The first-order valence-electron chi connectivity index (χ1n) is 10.3. The fourth-order valence-electron chi connectivity index (χ4n) is 3.41. The lowest BCUT2D eigenvalue weighted by molar-refractivity contribution is -0.152. The molecule has 11 heteroatoms. The molecule has 2 aromatic rings. The molecular weight excluding hydrogens is 453 g/mol. The SMILES string of the molecule is CCCNC(=O)NC(=O)COC(=O)[C@H]1Cc2ccccc2CN1S(=O)(=O)c1ccccc1F. The van der Waals surface area contributed by atoms with Crippen molar-refractivity contribution < 1.29 is 31.9 Å². The maximum Gasteiger partial charge on any atom is 0.325 e. The number of nitrogens with one attached hydrogen (secondary N) is 2. The molecule has 1 atom stereocenters. The van der Waals surface area contributed by atoms with Gasteiger partial charge in [-0.25, -0.2) is 17.6 Å². The zero-order chi connectivity index (χ0) is 24.0. The maximum atomic E-state index is 14.3. The molecule has 0 aliphatic carbocycles. The predicted molar refractivity (Wildman–Crippen MR) is 116 cm³/mol. The van der Waals surface area contributed by atoms with Gasteiger partial charge in [-0.2, -0.15) is 4.31 Å². The van der Waals surface area contributed by atoms with Gasteiger partial charge in [-0.05, 0) is 29.7 Å². The zero-order valence-corrected chi connectivity index (χ0v) is 18.7. The number of rotatable bonds is 7. The molecule has 0 unspecified atom stereocenters. The van der Waals surface area contributed by atoms with E-state index in [4.69, 9.17) is 4.74 Å². The first-order chi connectivity index (χ1) is 15.7. The molecule has 2 N–H and O–H groups in total. The number of imide groups is 1. The van der Waals surface area contributed by atoms with Crippen LogP contribution in [0.2, 0.25) is 0 Å². The largest absolute Gasteiger partial charge is 0.454 e. The summed E-state index contributed by atoms with van der Waals surface area (Å²) >= 11 is 0. The highest BCUT2D eigenvalue weighted by atomic mass is 32.2. The first-order valence-corrected chi connectivity index (χ1v) is 11.8. The van der Waals surface area contributed by atoms with Gasteiger partial charge >= 0.3 is 12.0 Å². The monoisotopic (exact) mass is 477 g/mol. The molecule has 0 aromatic heterocycles. The van der Waals surface area contributed by atoms with Gasteiger partial charge in [-0.1, -0.05) is 43.3 Å². The van der Waals surface area contributed by atoms with Crippen LogP contribution >= 0.6 is 0 Å². The molecule has 176 valence electrons. The van der Waals surface area contributed by atoms with Gasteiger partial charge < -0.3 is 10.1 Å². The lowest BCUT2D eigenvalue weighted by Crippen LogP contribution is -2.50. The minimum atomic E-state index is -4.40. The Morgan fingerprint density at radius 3 is 2.45 bits per heavy atom. The predicted octanol–water partition coefficient (Wildman–Crippen LogP) is 1.72. The standard InChI is InChI=1S/C22H24FN3O6S/c1-2-11-24-22(29)25-20(27)14-32-21(28)18-12-15-7-3-4-8-16(15)13-26(18)33(30,31)19-10-6-5-9-17(19)23/h3-10,18H,2,11-14H2,1H3,(H2,24,25,27,29)/t18-/m1/s1. The Balaban J connectivity index is 1.80. The van der Waals surface area contributed by atoms with Crippen LogP contribution in [0.3, 0.4) is 0 Å². The summed E-state index contributed by atoms with van der Waals surface area (Å²) in [6.45, 7) is 1.26. The van der Waals surface area contributed by atoms with Crippen molar-refractivity contribution in [2.45, 2.75) is 37.2 Å². The second-order valence-electron chi connectivity index (χ2n) is 7.38. The number of fused-ring (bicyclic) bond motifs is 1. The van der Waals surface area contributed by atoms with Crippen molar-refractivity contribution in [1.82, 2.24) is 14.9 Å². The molecular formula is C22H24FN3O6S. The highest BCUT2D eigenvalue weighted by Crippen LogP contribution is 2.30. The molecule has 1 heterocycles. The second kappa shape index (κ2) is 10.5. The Morgan fingerprint density at radius 1 is 1.09 bits per heavy atom. The molecule has 33 heavy (non-hydrogen) atoms. The van der Waals surface area contributed by atoms with Gasteiger partial charge in [0.15, 0.2) is 6.61 Å². The van der Waals surface area contributed by atoms with Crippen LogP contribution in [0, 0.1) is 5.82 Å². The van der Waals surface area contributed by atoms with Gasteiger partial charge in [0.1, 0.15) is 16.8 Å². The number of carbonyl (C=O) groups excluding carboxylic acids is 3. The van der Waals surface area contributed by atoms with Crippen molar-refractivity contribution in [2.75, 3.05) is 13.2 Å². The van der Waals surface area contributed by atoms with Crippen molar-refractivity contribution in [2.24, 2.45) is 0 Å². The topological polar surface area (TPSA) is 122 Å². The fourth-order valence-corrected chi connectivity index (χ4v) is 5.03. The molecule has 0 saturated heterocycles. The number of esters is 1. The minimum absolute atomic E-state index is 0.0126. The molecule has 0 spiro atoms. The smallest absolute Gasteiger partial charge is 0.325 e. The van der Waals surface area contributed by atoms with Gasteiger partial charge in [-0.3, -0.25) is 14.9 Å². The summed E-state index contributed by atoms with van der Waals surface area (Å²) in [6.07, 6.45) is 0.660. The number of sulfonamides is 1. The van der Waals surface area contributed by atoms with Crippen LogP contribution in [0.4, 0.5) is 9.18 Å². The Hall–Kier alpha value is -3.31. The molecule has 2 aromatic carbocycles. The maximum absolute atomic E-state index is 14.3. The van der Waals surface area contributed by atoms with Crippen molar-refractivity contribution in [3.63, 3.8) is 0 Å². The average Bonchev–Trinajstić information content (AvgIpc) is 2.80. The summed E-state index contributed by atoms with van der Waals surface area (Å²) in [7, 11) is -4.40.